The predicted octanol–water partition coefficient (Wildman–Crippen LogP) is 1.61. The molecule has 1 aliphatic rings. The van der Waals surface area contributed by atoms with E-state index in [0.717, 1.165) is 0 Å². The lowest BCUT2D eigenvalue weighted by atomic mass is 9.92. The summed E-state index contributed by atoms with van der Waals surface area (Å²) in [4.78, 5) is 24.0. The Hall–Kier alpha value is -2.30. The number of allylic oxidation sites excluding steroid dienone is 2. The Balaban J connectivity index is 2.68. The minimum Gasteiger partial charge on any atom is -0.497 e. The van der Waals surface area contributed by atoms with Gasteiger partial charge in [0.2, 0.25) is 5.78 Å². The second-order valence-corrected chi connectivity index (χ2v) is 3.66. The number of hydrogen-bond donors (Lipinski definition) is 0. The third-order valence-electron chi connectivity index (χ3n) is 2.73. The number of ketones is 2. The molecule has 5 nitrogen and oxygen atoms in total. The van der Waals surface area contributed by atoms with Crippen LogP contribution in [0.25, 0.3) is 0 Å². The van der Waals surface area contributed by atoms with Crippen molar-refractivity contribution in [3.8, 4) is 11.5 Å². The van der Waals surface area contributed by atoms with Crippen molar-refractivity contribution in [2.75, 3.05) is 21.3 Å². The van der Waals surface area contributed by atoms with E-state index in [0.29, 0.717) is 11.5 Å². The van der Waals surface area contributed by atoms with Gasteiger partial charge in [-0.2, -0.15) is 0 Å². The highest BCUT2D eigenvalue weighted by Gasteiger charge is 2.30. The quantitative estimate of drug-likeness (QED) is 0.813. The van der Waals surface area contributed by atoms with Crippen molar-refractivity contribution in [1.29, 1.82) is 0 Å². The number of Topliss-reactive ketones (excluding diaryl/α,β-unsaturated/α-hetero) is 1. The van der Waals surface area contributed by atoms with Gasteiger partial charge in [-0.15, -0.1) is 0 Å². The molecule has 0 fully saturated rings. The smallest absolute Gasteiger partial charge is 0.228 e. The van der Waals surface area contributed by atoms with Gasteiger partial charge in [-0.1, -0.05) is 0 Å². The zero-order chi connectivity index (χ0) is 13.3. The van der Waals surface area contributed by atoms with Crippen LogP contribution in [0.2, 0.25) is 0 Å². The van der Waals surface area contributed by atoms with Crippen LogP contribution in [-0.4, -0.2) is 32.9 Å². The molecule has 0 heterocycles. The van der Waals surface area contributed by atoms with E-state index in [9.17, 15) is 9.59 Å². The first-order valence-corrected chi connectivity index (χ1v) is 5.23. The first-order valence-electron chi connectivity index (χ1n) is 5.23. The molecule has 1 aliphatic carbocycles. The van der Waals surface area contributed by atoms with Crippen molar-refractivity contribution < 1.29 is 23.8 Å². The Morgan fingerprint density at radius 1 is 0.944 bits per heavy atom. The number of rotatable bonds is 3. The van der Waals surface area contributed by atoms with Crippen LogP contribution in [0.4, 0.5) is 0 Å². The van der Waals surface area contributed by atoms with E-state index in [1.807, 2.05) is 0 Å². The minimum absolute atomic E-state index is 0.0165. The number of carbonyl (C=O) groups excluding carboxylic acids is 2. The molecule has 1 aromatic rings. The Morgan fingerprint density at radius 3 is 2.22 bits per heavy atom. The van der Waals surface area contributed by atoms with E-state index in [1.165, 1.54) is 33.5 Å². The summed E-state index contributed by atoms with van der Waals surface area (Å²) in [5, 5.41) is 0. The normalized spacial score (nSPS) is 13.8. The number of methoxy groups -OCH3 is 3. The molecular weight excluding hydrogens is 236 g/mol. The maximum atomic E-state index is 12.1. The number of fused-ring (bicyclic) bond motifs is 1. The summed E-state index contributed by atoms with van der Waals surface area (Å²) in [6.07, 6.45) is 1.17. The van der Waals surface area contributed by atoms with E-state index < -0.39 is 0 Å². The molecule has 2 rings (SSSR count). The molecule has 0 aliphatic heterocycles. The predicted molar refractivity (Wildman–Crippen MR) is 63.3 cm³/mol. The number of benzene rings is 1. The minimum atomic E-state index is -0.357. The average Bonchev–Trinajstić information content (AvgIpc) is 2.41. The van der Waals surface area contributed by atoms with Crippen LogP contribution >= 0.6 is 0 Å². The fourth-order valence-corrected chi connectivity index (χ4v) is 1.84. The molecule has 18 heavy (non-hydrogen) atoms. The fourth-order valence-electron chi connectivity index (χ4n) is 1.84. The highest BCUT2D eigenvalue weighted by molar-refractivity contribution is 6.25. The second kappa shape index (κ2) is 4.52. The average molecular weight is 248 g/mol. The van der Waals surface area contributed by atoms with Crippen LogP contribution in [0.5, 0.6) is 11.5 Å². The van der Waals surface area contributed by atoms with Crippen molar-refractivity contribution in [3.63, 3.8) is 0 Å². The molecule has 0 bridgehead atoms. The van der Waals surface area contributed by atoms with Crippen molar-refractivity contribution in [2.45, 2.75) is 0 Å². The summed E-state index contributed by atoms with van der Waals surface area (Å²) >= 11 is 0. The van der Waals surface area contributed by atoms with Crippen LogP contribution < -0.4 is 9.47 Å². The van der Waals surface area contributed by atoms with Gasteiger partial charge in [0.15, 0.2) is 11.5 Å². The standard InChI is InChI=1S/C13H12O5/c1-16-7-4-8-12(10(5-7)17-2)9(14)6-11(18-3)13(8)15/h4-6H,1-3H3. The number of hydrogen-bond acceptors (Lipinski definition) is 5. The molecule has 0 unspecified atom stereocenters. The number of carbonyl (C=O) groups is 2. The fraction of sp³-hybridized carbons (Fsp3) is 0.231. The van der Waals surface area contributed by atoms with Crippen LogP contribution in [0.3, 0.4) is 0 Å². The molecule has 0 amide bonds. The summed E-state index contributed by atoms with van der Waals surface area (Å²) < 4.78 is 15.1. The van der Waals surface area contributed by atoms with Crippen molar-refractivity contribution in [1.82, 2.24) is 0 Å². The third-order valence-corrected chi connectivity index (χ3v) is 2.73. The molecule has 5 heteroatoms. The van der Waals surface area contributed by atoms with Gasteiger partial charge in [0.05, 0.1) is 26.9 Å². The van der Waals surface area contributed by atoms with Gasteiger partial charge in [0.25, 0.3) is 0 Å². The Bertz CT molecular complexity index is 557. The molecule has 0 N–H and O–H groups in total. The largest absolute Gasteiger partial charge is 0.497 e. The van der Waals surface area contributed by atoms with Gasteiger partial charge in [-0.3, -0.25) is 9.59 Å². The second-order valence-electron chi connectivity index (χ2n) is 3.66. The Kier molecular flexibility index (Phi) is 3.06. The lowest BCUT2D eigenvalue weighted by Gasteiger charge is -2.17. The van der Waals surface area contributed by atoms with Gasteiger partial charge < -0.3 is 14.2 Å². The Labute approximate surface area is 104 Å². The van der Waals surface area contributed by atoms with Gasteiger partial charge in [-0.05, 0) is 6.07 Å². The molecule has 0 saturated heterocycles. The molecule has 0 atom stereocenters. The first-order chi connectivity index (χ1) is 8.62. The molecular formula is C13H12O5. The maximum absolute atomic E-state index is 12.1. The third kappa shape index (κ3) is 1.73. The van der Waals surface area contributed by atoms with Crippen LogP contribution in [0.1, 0.15) is 20.7 Å². The van der Waals surface area contributed by atoms with Crippen molar-refractivity contribution >= 4 is 11.6 Å². The molecule has 0 saturated carbocycles. The lowest BCUT2D eigenvalue weighted by molar-refractivity contribution is 0.0914. The van der Waals surface area contributed by atoms with Crippen molar-refractivity contribution in [3.05, 3.63) is 35.1 Å². The van der Waals surface area contributed by atoms with E-state index >= 15 is 0 Å². The SMILES string of the molecule is COC1=CC(=O)c2c(OC)cc(OC)cc2C1=O. The van der Waals surface area contributed by atoms with E-state index in [4.69, 9.17) is 14.2 Å². The summed E-state index contributed by atoms with van der Waals surface area (Å²) in [5.74, 6) is 0.103. The summed E-state index contributed by atoms with van der Waals surface area (Å²) in [6.45, 7) is 0. The van der Waals surface area contributed by atoms with E-state index in [-0.39, 0.29) is 28.5 Å². The maximum Gasteiger partial charge on any atom is 0.228 e. The van der Waals surface area contributed by atoms with Gasteiger partial charge in [0, 0.05) is 17.7 Å². The topological polar surface area (TPSA) is 61.8 Å². The summed E-state index contributed by atoms with van der Waals surface area (Å²) in [7, 11) is 4.26. The molecule has 1 aromatic carbocycles. The summed E-state index contributed by atoms with van der Waals surface area (Å²) in [5.41, 5.74) is 0.472. The summed E-state index contributed by atoms with van der Waals surface area (Å²) in [6, 6.07) is 3.07. The molecule has 94 valence electrons. The van der Waals surface area contributed by atoms with Crippen LogP contribution in [-0.2, 0) is 4.74 Å². The first kappa shape index (κ1) is 12.2. The molecule has 0 radical (unpaired) electrons. The monoisotopic (exact) mass is 248 g/mol. The van der Waals surface area contributed by atoms with Crippen LogP contribution in [0.15, 0.2) is 24.0 Å². The Morgan fingerprint density at radius 2 is 1.67 bits per heavy atom. The highest BCUT2D eigenvalue weighted by atomic mass is 16.5. The highest BCUT2D eigenvalue weighted by Crippen LogP contribution is 2.33. The zero-order valence-electron chi connectivity index (χ0n) is 10.3. The van der Waals surface area contributed by atoms with Gasteiger partial charge in [0.1, 0.15) is 11.5 Å². The molecule has 0 spiro atoms. The van der Waals surface area contributed by atoms with Crippen molar-refractivity contribution in [2.24, 2.45) is 0 Å². The van der Waals surface area contributed by atoms with Gasteiger partial charge >= 0.3 is 0 Å². The number of ether oxygens (including phenoxy) is 3. The van der Waals surface area contributed by atoms with Crippen LogP contribution in [0, 0.1) is 0 Å². The van der Waals surface area contributed by atoms with E-state index in [2.05, 4.69) is 0 Å². The van der Waals surface area contributed by atoms with Gasteiger partial charge in [-0.25, -0.2) is 0 Å². The van der Waals surface area contributed by atoms with E-state index in [1.54, 1.807) is 6.07 Å². The zero-order valence-corrected chi connectivity index (χ0v) is 10.3. The molecule has 0 aromatic heterocycles. The lowest BCUT2D eigenvalue weighted by Crippen LogP contribution is -2.19.